The summed E-state index contributed by atoms with van der Waals surface area (Å²) in [4.78, 5) is 16.0. The van der Waals surface area contributed by atoms with Crippen molar-refractivity contribution >= 4 is 29.5 Å². The van der Waals surface area contributed by atoms with Crippen molar-refractivity contribution in [1.29, 1.82) is 0 Å². The Labute approximate surface area is 160 Å². The highest BCUT2D eigenvalue weighted by Gasteiger charge is 2.18. The number of nitrogens with one attached hydrogen (secondary N) is 2. The number of hydrogen-bond donors (Lipinski definition) is 2. The summed E-state index contributed by atoms with van der Waals surface area (Å²) in [7, 11) is 0. The number of halogens is 2. The van der Waals surface area contributed by atoms with Gasteiger partial charge in [-0.25, -0.2) is 4.39 Å². The zero-order valence-corrected chi connectivity index (χ0v) is 15.5. The Bertz CT molecular complexity index is 934. The van der Waals surface area contributed by atoms with E-state index in [4.69, 9.17) is 11.6 Å². The molecule has 6 heteroatoms. The second-order valence-corrected chi connectivity index (χ2v) is 6.89. The van der Waals surface area contributed by atoms with Gasteiger partial charge in [0.15, 0.2) is 0 Å². The Balaban J connectivity index is 1.76. The molecule has 3 aromatic carbocycles. The Morgan fingerprint density at radius 2 is 1.81 bits per heavy atom. The number of carbonyl (C=O) groups excluding carboxylic acids is 1. The summed E-state index contributed by atoms with van der Waals surface area (Å²) in [6.07, 6.45) is 0. The smallest absolute Gasteiger partial charge is 0.269 e. The van der Waals surface area contributed by atoms with Crippen molar-refractivity contribution in [3.05, 3.63) is 88.7 Å². The van der Waals surface area contributed by atoms with Crippen molar-refractivity contribution in [1.82, 2.24) is 10.3 Å². The van der Waals surface area contributed by atoms with E-state index in [0.29, 0.717) is 10.6 Å². The van der Waals surface area contributed by atoms with Crippen molar-refractivity contribution in [2.75, 3.05) is 0 Å². The lowest BCUT2D eigenvalue weighted by molar-refractivity contribution is 0.0942. The third kappa shape index (κ3) is 4.25. The fourth-order valence-corrected chi connectivity index (χ4v) is 3.46. The molecule has 0 saturated heterocycles. The van der Waals surface area contributed by atoms with Gasteiger partial charge in [-0.1, -0.05) is 54.1 Å². The normalized spacial score (nSPS) is 10.6. The largest absolute Gasteiger partial charge is 0.277 e. The van der Waals surface area contributed by atoms with Gasteiger partial charge in [-0.2, -0.15) is 4.83 Å². The number of carbonyl (C=O) groups is 1. The lowest BCUT2D eigenvalue weighted by Crippen LogP contribution is -2.33. The van der Waals surface area contributed by atoms with Gasteiger partial charge >= 0.3 is 0 Å². The van der Waals surface area contributed by atoms with Crippen LogP contribution in [0, 0.1) is 12.7 Å². The molecule has 0 aliphatic heterocycles. The molecule has 1 amide bonds. The Kier molecular flexibility index (Phi) is 5.93. The summed E-state index contributed by atoms with van der Waals surface area (Å²) in [5.74, 6) is -1.10. The monoisotopic (exact) mass is 386 g/mol. The molecule has 0 bridgehead atoms. The second-order valence-electron chi connectivity index (χ2n) is 5.58. The Hall–Kier alpha value is -2.34. The average Bonchev–Trinajstić information content (AvgIpc) is 2.63. The predicted molar refractivity (Wildman–Crippen MR) is 104 cm³/mol. The summed E-state index contributed by atoms with van der Waals surface area (Å²) in [6, 6.07) is 19.7. The van der Waals surface area contributed by atoms with E-state index in [2.05, 4.69) is 10.3 Å². The minimum atomic E-state index is -0.561. The minimum Gasteiger partial charge on any atom is -0.277 e. The van der Waals surface area contributed by atoms with Crippen molar-refractivity contribution < 1.29 is 9.18 Å². The summed E-state index contributed by atoms with van der Waals surface area (Å²) in [5, 5.41) is 0.598. The highest BCUT2D eigenvalue weighted by Crippen LogP contribution is 2.27. The van der Waals surface area contributed by atoms with Crippen molar-refractivity contribution in [2.45, 2.75) is 11.8 Å². The minimum absolute atomic E-state index is 0.0190. The lowest BCUT2D eigenvalue weighted by Gasteiger charge is -2.13. The fourth-order valence-electron chi connectivity index (χ4n) is 2.61. The highest BCUT2D eigenvalue weighted by atomic mass is 35.5. The van der Waals surface area contributed by atoms with Crippen LogP contribution in [0.5, 0.6) is 0 Å². The number of hydrazine groups is 1. The highest BCUT2D eigenvalue weighted by molar-refractivity contribution is 7.97. The molecule has 0 aliphatic rings. The summed E-state index contributed by atoms with van der Waals surface area (Å²) < 4.78 is 14.3. The van der Waals surface area contributed by atoms with Crippen LogP contribution in [-0.4, -0.2) is 5.91 Å². The molecule has 26 heavy (non-hydrogen) atoms. The van der Waals surface area contributed by atoms with Crippen LogP contribution in [0.4, 0.5) is 4.39 Å². The molecule has 0 fully saturated rings. The van der Waals surface area contributed by atoms with E-state index in [1.807, 2.05) is 36.4 Å². The van der Waals surface area contributed by atoms with Crippen LogP contribution >= 0.6 is 23.5 Å². The summed E-state index contributed by atoms with van der Waals surface area (Å²) in [6.45, 7) is 1.74. The first kappa shape index (κ1) is 18.5. The van der Waals surface area contributed by atoms with E-state index in [1.165, 1.54) is 18.0 Å². The standard InChI is InChI=1S/C20H16ClFN2OS/c1-13-17(14-6-3-2-4-7-14)10-11-18(22)19(13)20(25)23-24-26-16-9-5-8-15(21)12-16/h2-12,24H,1H3,(H,23,25). The quantitative estimate of drug-likeness (QED) is 0.456. The first-order chi connectivity index (χ1) is 12.6. The van der Waals surface area contributed by atoms with E-state index >= 15 is 0 Å². The van der Waals surface area contributed by atoms with Gasteiger partial charge in [-0.3, -0.25) is 10.2 Å². The maximum Gasteiger partial charge on any atom is 0.269 e. The van der Waals surface area contributed by atoms with E-state index in [0.717, 1.165) is 16.0 Å². The molecule has 0 aromatic heterocycles. The van der Waals surface area contributed by atoms with Gasteiger partial charge < -0.3 is 0 Å². The molecular formula is C20H16ClFN2OS. The van der Waals surface area contributed by atoms with Gasteiger partial charge in [-0.15, -0.1) is 0 Å². The number of rotatable bonds is 5. The van der Waals surface area contributed by atoms with Gasteiger partial charge in [0.1, 0.15) is 5.82 Å². The Morgan fingerprint density at radius 3 is 2.54 bits per heavy atom. The van der Waals surface area contributed by atoms with Crippen molar-refractivity contribution in [3.8, 4) is 11.1 Å². The third-order valence-corrected chi connectivity index (χ3v) is 4.78. The van der Waals surface area contributed by atoms with Crippen LogP contribution in [0.15, 0.2) is 71.6 Å². The van der Waals surface area contributed by atoms with E-state index in [1.54, 1.807) is 31.2 Å². The number of amides is 1. The van der Waals surface area contributed by atoms with Gasteiger partial charge in [-0.05, 0) is 59.8 Å². The molecular weight excluding hydrogens is 371 g/mol. The molecule has 0 heterocycles. The van der Waals surface area contributed by atoms with Gasteiger partial charge in [0.2, 0.25) is 0 Å². The first-order valence-electron chi connectivity index (χ1n) is 7.88. The maximum atomic E-state index is 14.3. The fraction of sp³-hybridized carbons (Fsp3) is 0.0500. The summed E-state index contributed by atoms with van der Waals surface area (Å²) in [5.41, 5.74) is 4.87. The molecule has 0 aliphatic carbocycles. The zero-order valence-electron chi connectivity index (χ0n) is 13.9. The van der Waals surface area contributed by atoms with Crippen LogP contribution in [0.25, 0.3) is 11.1 Å². The molecule has 3 rings (SSSR count). The lowest BCUT2D eigenvalue weighted by atomic mass is 9.96. The molecule has 0 atom stereocenters. The van der Waals surface area contributed by atoms with Crippen LogP contribution in [0.1, 0.15) is 15.9 Å². The van der Waals surface area contributed by atoms with Crippen LogP contribution < -0.4 is 10.3 Å². The molecule has 0 spiro atoms. The van der Waals surface area contributed by atoms with Crippen LogP contribution in [0.2, 0.25) is 5.02 Å². The van der Waals surface area contributed by atoms with Crippen molar-refractivity contribution in [2.24, 2.45) is 0 Å². The molecule has 3 nitrogen and oxygen atoms in total. The van der Waals surface area contributed by atoms with Gasteiger partial charge in [0.05, 0.1) is 5.56 Å². The molecule has 132 valence electrons. The molecule has 2 N–H and O–H groups in total. The van der Waals surface area contributed by atoms with E-state index in [9.17, 15) is 9.18 Å². The van der Waals surface area contributed by atoms with Crippen molar-refractivity contribution in [3.63, 3.8) is 0 Å². The molecule has 0 unspecified atom stereocenters. The first-order valence-corrected chi connectivity index (χ1v) is 9.08. The number of benzene rings is 3. The topological polar surface area (TPSA) is 41.1 Å². The molecule has 0 saturated carbocycles. The molecule has 3 aromatic rings. The summed E-state index contributed by atoms with van der Waals surface area (Å²) >= 11 is 7.10. The molecule has 0 radical (unpaired) electrons. The third-order valence-electron chi connectivity index (χ3n) is 3.86. The van der Waals surface area contributed by atoms with Gasteiger partial charge in [0, 0.05) is 9.92 Å². The predicted octanol–water partition coefficient (Wildman–Crippen LogP) is 5.40. The van der Waals surface area contributed by atoms with Crippen LogP contribution in [0.3, 0.4) is 0 Å². The van der Waals surface area contributed by atoms with E-state index in [-0.39, 0.29) is 5.56 Å². The second kappa shape index (κ2) is 8.36. The van der Waals surface area contributed by atoms with Gasteiger partial charge in [0.25, 0.3) is 5.91 Å². The van der Waals surface area contributed by atoms with E-state index < -0.39 is 11.7 Å². The zero-order chi connectivity index (χ0) is 18.5. The maximum absolute atomic E-state index is 14.3. The average molecular weight is 387 g/mol. The Morgan fingerprint density at radius 1 is 1.04 bits per heavy atom. The number of hydrogen-bond acceptors (Lipinski definition) is 3. The SMILES string of the molecule is Cc1c(-c2ccccc2)ccc(F)c1C(=O)NNSc1cccc(Cl)c1. The van der Waals surface area contributed by atoms with Crippen LogP contribution in [-0.2, 0) is 0 Å².